The van der Waals surface area contributed by atoms with Crippen LogP contribution in [0.3, 0.4) is 0 Å². The molecule has 20 heavy (non-hydrogen) atoms. The van der Waals surface area contributed by atoms with Crippen LogP contribution < -0.4 is 0 Å². The van der Waals surface area contributed by atoms with Crippen LogP contribution in [-0.2, 0) is 24.0 Å². The molecule has 0 aliphatic heterocycles. The summed E-state index contributed by atoms with van der Waals surface area (Å²) in [6, 6.07) is 11.3. The van der Waals surface area contributed by atoms with Crippen LogP contribution in [0, 0.1) is 0 Å². The number of methoxy groups -OCH3 is 1. The van der Waals surface area contributed by atoms with Gasteiger partial charge in [-0.05, 0) is 65.8 Å². The number of aryl methyl sites for hydroxylation is 2. The van der Waals surface area contributed by atoms with E-state index in [0.29, 0.717) is 11.3 Å². The fourth-order valence-corrected chi connectivity index (χ4v) is 2.77. The summed E-state index contributed by atoms with van der Waals surface area (Å²) in [5.74, 6) is 0.00734. The van der Waals surface area contributed by atoms with E-state index in [-0.39, 0.29) is 5.97 Å². The zero-order valence-corrected chi connectivity index (χ0v) is 11.3. The van der Waals surface area contributed by atoms with Crippen LogP contribution in [0.2, 0.25) is 0 Å². The molecule has 0 heterocycles. The summed E-state index contributed by atoms with van der Waals surface area (Å²) in [4.78, 5) is 11.6. The molecule has 0 unspecified atom stereocenters. The average molecular weight is 268 g/mol. The van der Waals surface area contributed by atoms with E-state index in [1.165, 1.54) is 23.8 Å². The van der Waals surface area contributed by atoms with E-state index in [4.69, 9.17) is 4.74 Å². The van der Waals surface area contributed by atoms with Crippen LogP contribution in [0.25, 0.3) is 0 Å². The van der Waals surface area contributed by atoms with Gasteiger partial charge in [-0.2, -0.15) is 0 Å². The molecule has 0 spiro atoms. The maximum atomic E-state index is 11.6. The zero-order valence-electron chi connectivity index (χ0n) is 11.3. The summed E-state index contributed by atoms with van der Waals surface area (Å²) in [6.45, 7) is 0. The first kappa shape index (κ1) is 12.7. The Morgan fingerprint density at radius 2 is 1.75 bits per heavy atom. The summed E-state index contributed by atoms with van der Waals surface area (Å²) in [5, 5.41) is 9.58. The van der Waals surface area contributed by atoms with Crippen LogP contribution in [0.1, 0.15) is 32.6 Å². The molecule has 1 aliphatic carbocycles. The van der Waals surface area contributed by atoms with Crippen LogP contribution in [0.5, 0.6) is 5.75 Å². The topological polar surface area (TPSA) is 46.5 Å². The lowest BCUT2D eigenvalue weighted by Crippen LogP contribution is -2.03. The van der Waals surface area contributed by atoms with Crippen LogP contribution in [-0.4, -0.2) is 18.2 Å². The van der Waals surface area contributed by atoms with E-state index in [2.05, 4.69) is 0 Å². The lowest BCUT2D eigenvalue weighted by molar-refractivity contribution is 0.0600. The normalized spacial score (nSPS) is 13.1. The standard InChI is InChI=1S/C17H16O3/c1-20-17(19)14-5-3-11-2-4-13-10-16(18)7-6-12(13)8-15(11)9-14/h3,5-7,9-10,18H,2,4,8H2,1H3. The minimum absolute atomic E-state index is 0.303. The average Bonchev–Trinajstić information content (AvgIpc) is 2.64. The minimum atomic E-state index is -0.303. The number of fused-ring (bicyclic) bond motifs is 2. The minimum Gasteiger partial charge on any atom is -0.508 e. The van der Waals surface area contributed by atoms with E-state index in [9.17, 15) is 9.90 Å². The van der Waals surface area contributed by atoms with E-state index < -0.39 is 0 Å². The third-order valence-electron chi connectivity index (χ3n) is 3.86. The van der Waals surface area contributed by atoms with Crippen LogP contribution in [0.15, 0.2) is 36.4 Å². The second-order valence-electron chi connectivity index (χ2n) is 5.10. The van der Waals surface area contributed by atoms with E-state index >= 15 is 0 Å². The monoisotopic (exact) mass is 268 g/mol. The van der Waals surface area contributed by atoms with Crippen molar-refractivity contribution < 1.29 is 14.6 Å². The Kier molecular flexibility index (Phi) is 3.18. The maximum absolute atomic E-state index is 11.6. The molecule has 0 radical (unpaired) electrons. The number of esters is 1. The molecule has 0 fully saturated rings. The molecule has 3 rings (SSSR count). The van der Waals surface area contributed by atoms with E-state index in [0.717, 1.165) is 24.8 Å². The van der Waals surface area contributed by atoms with Crippen molar-refractivity contribution in [3.8, 4) is 5.75 Å². The second kappa shape index (κ2) is 5.00. The number of aromatic hydroxyl groups is 1. The van der Waals surface area contributed by atoms with Gasteiger partial charge < -0.3 is 9.84 Å². The number of carbonyl (C=O) groups excluding carboxylic acids is 1. The number of carbonyl (C=O) groups is 1. The third-order valence-corrected chi connectivity index (χ3v) is 3.86. The number of rotatable bonds is 1. The summed E-state index contributed by atoms with van der Waals surface area (Å²) in [5.41, 5.74) is 5.41. The third kappa shape index (κ3) is 2.27. The summed E-state index contributed by atoms with van der Waals surface area (Å²) in [6.07, 6.45) is 2.62. The molecule has 2 aromatic rings. The predicted molar refractivity (Wildman–Crippen MR) is 76.1 cm³/mol. The SMILES string of the molecule is COC(=O)c1ccc2c(c1)Cc1ccc(O)cc1CC2. The molecular weight excluding hydrogens is 252 g/mol. The molecule has 0 amide bonds. The van der Waals surface area contributed by atoms with Crippen molar-refractivity contribution >= 4 is 5.97 Å². The first-order chi connectivity index (χ1) is 9.67. The van der Waals surface area contributed by atoms with Gasteiger partial charge in [0.1, 0.15) is 5.75 Å². The second-order valence-corrected chi connectivity index (χ2v) is 5.10. The van der Waals surface area contributed by atoms with Gasteiger partial charge in [-0.25, -0.2) is 4.79 Å². The number of hydrogen-bond acceptors (Lipinski definition) is 3. The molecule has 1 aliphatic rings. The molecule has 0 saturated carbocycles. The molecule has 0 aromatic heterocycles. The molecule has 3 nitrogen and oxygen atoms in total. The van der Waals surface area contributed by atoms with Crippen molar-refractivity contribution in [3.05, 3.63) is 64.2 Å². The number of benzene rings is 2. The number of ether oxygens (including phenoxy) is 1. The van der Waals surface area contributed by atoms with Gasteiger partial charge in [0, 0.05) is 0 Å². The summed E-state index contributed by atoms with van der Waals surface area (Å²) < 4.78 is 4.77. The Hall–Kier alpha value is -2.29. The molecule has 1 N–H and O–H groups in total. The van der Waals surface area contributed by atoms with Crippen molar-refractivity contribution in [3.63, 3.8) is 0 Å². The molecule has 3 heteroatoms. The number of phenolic OH excluding ortho intramolecular Hbond substituents is 1. The van der Waals surface area contributed by atoms with Crippen molar-refractivity contribution in [1.29, 1.82) is 0 Å². The van der Waals surface area contributed by atoms with Gasteiger partial charge in [0.15, 0.2) is 0 Å². The van der Waals surface area contributed by atoms with E-state index in [1.807, 2.05) is 30.3 Å². The smallest absolute Gasteiger partial charge is 0.337 e. The Balaban J connectivity index is 2.02. The molecule has 2 aromatic carbocycles. The van der Waals surface area contributed by atoms with Crippen LogP contribution in [0.4, 0.5) is 0 Å². The number of hydrogen-bond donors (Lipinski definition) is 1. The first-order valence-corrected chi connectivity index (χ1v) is 6.68. The number of phenols is 1. The van der Waals surface area contributed by atoms with Gasteiger partial charge in [-0.1, -0.05) is 12.1 Å². The zero-order chi connectivity index (χ0) is 14.1. The van der Waals surface area contributed by atoms with E-state index in [1.54, 1.807) is 6.07 Å². The largest absolute Gasteiger partial charge is 0.508 e. The molecule has 0 atom stereocenters. The fraction of sp³-hybridized carbons (Fsp3) is 0.235. The summed E-state index contributed by atoms with van der Waals surface area (Å²) >= 11 is 0. The molecule has 102 valence electrons. The molecule has 0 bridgehead atoms. The van der Waals surface area contributed by atoms with Gasteiger partial charge in [0.2, 0.25) is 0 Å². The highest BCUT2D eigenvalue weighted by atomic mass is 16.5. The Labute approximate surface area is 117 Å². The van der Waals surface area contributed by atoms with Crippen LogP contribution >= 0.6 is 0 Å². The van der Waals surface area contributed by atoms with Crippen molar-refractivity contribution in [2.24, 2.45) is 0 Å². The van der Waals surface area contributed by atoms with Gasteiger partial charge in [-0.3, -0.25) is 0 Å². The lowest BCUT2D eigenvalue weighted by atomic mass is 9.98. The van der Waals surface area contributed by atoms with Gasteiger partial charge >= 0.3 is 5.97 Å². The quantitative estimate of drug-likeness (QED) is 0.809. The van der Waals surface area contributed by atoms with Crippen molar-refractivity contribution in [2.75, 3.05) is 7.11 Å². The maximum Gasteiger partial charge on any atom is 0.337 e. The fourth-order valence-electron chi connectivity index (χ4n) is 2.77. The lowest BCUT2D eigenvalue weighted by Gasteiger charge is -2.08. The van der Waals surface area contributed by atoms with Gasteiger partial charge in [0.05, 0.1) is 12.7 Å². The Morgan fingerprint density at radius 3 is 2.55 bits per heavy atom. The predicted octanol–water partition coefficient (Wildman–Crippen LogP) is 2.87. The molecular formula is C17H16O3. The van der Waals surface area contributed by atoms with Gasteiger partial charge in [0.25, 0.3) is 0 Å². The highest BCUT2D eigenvalue weighted by molar-refractivity contribution is 5.89. The highest BCUT2D eigenvalue weighted by Gasteiger charge is 2.16. The summed E-state index contributed by atoms with van der Waals surface area (Å²) in [7, 11) is 1.39. The Bertz CT molecular complexity index is 674. The van der Waals surface area contributed by atoms with Crippen molar-refractivity contribution in [2.45, 2.75) is 19.3 Å². The van der Waals surface area contributed by atoms with Crippen molar-refractivity contribution in [1.82, 2.24) is 0 Å². The molecule has 0 saturated heterocycles. The van der Waals surface area contributed by atoms with Gasteiger partial charge in [-0.15, -0.1) is 0 Å². The highest BCUT2D eigenvalue weighted by Crippen LogP contribution is 2.27. The Morgan fingerprint density at radius 1 is 1.00 bits per heavy atom. The first-order valence-electron chi connectivity index (χ1n) is 6.68.